The van der Waals surface area contributed by atoms with Crippen molar-refractivity contribution in [1.29, 1.82) is 0 Å². The lowest BCUT2D eigenvalue weighted by Crippen LogP contribution is -2.45. The van der Waals surface area contributed by atoms with Crippen LogP contribution in [-0.4, -0.2) is 39.1 Å². The van der Waals surface area contributed by atoms with Gasteiger partial charge in [0.25, 0.3) is 5.91 Å². The van der Waals surface area contributed by atoms with Crippen molar-refractivity contribution in [2.75, 3.05) is 22.4 Å². The highest BCUT2D eigenvalue weighted by Crippen LogP contribution is 2.24. The number of rotatable bonds is 8. The highest BCUT2D eigenvalue weighted by atomic mass is 35.5. The second kappa shape index (κ2) is 9.58. The fourth-order valence-electron chi connectivity index (χ4n) is 2.68. The van der Waals surface area contributed by atoms with E-state index in [4.69, 9.17) is 11.6 Å². The minimum absolute atomic E-state index is 0.257. The van der Waals surface area contributed by atoms with Crippen molar-refractivity contribution < 1.29 is 18.0 Å². The highest BCUT2D eigenvalue weighted by Gasteiger charge is 2.29. The first-order valence-corrected chi connectivity index (χ1v) is 10.9. The fraction of sp³-hybridized carbons (Fsp3) is 0.200. The number of para-hydroxylation sites is 1. The Morgan fingerprint density at radius 3 is 2.38 bits per heavy atom. The van der Waals surface area contributed by atoms with Gasteiger partial charge in [-0.1, -0.05) is 29.8 Å². The molecule has 1 atom stereocenters. The highest BCUT2D eigenvalue weighted by molar-refractivity contribution is 7.92. The number of amides is 2. The minimum atomic E-state index is -3.77. The summed E-state index contributed by atoms with van der Waals surface area (Å²) >= 11 is 5.87. The van der Waals surface area contributed by atoms with Gasteiger partial charge in [0.15, 0.2) is 0 Å². The monoisotopic (exact) mass is 435 g/mol. The summed E-state index contributed by atoms with van der Waals surface area (Å²) in [5.74, 6) is -0.972. The van der Waals surface area contributed by atoms with Crippen LogP contribution in [0.1, 0.15) is 17.3 Å². The molecule has 0 aliphatic carbocycles. The standard InChI is InChI=1S/C20H22ClN3O4S/c1-4-13-22-20(26)17-7-5-6-8-18(17)23-19(25)14(2)24(29(3,27)28)16-11-9-15(21)10-12-16/h4-12,14H,1,13H2,2-3H3,(H,22,26)(H,23,25)/t14-/m1/s1. The van der Waals surface area contributed by atoms with Crippen LogP contribution >= 0.6 is 11.6 Å². The second-order valence-electron chi connectivity index (χ2n) is 6.24. The summed E-state index contributed by atoms with van der Waals surface area (Å²) in [4.78, 5) is 25.1. The first kappa shape index (κ1) is 22.4. The van der Waals surface area contributed by atoms with E-state index in [0.29, 0.717) is 10.7 Å². The molecule has 0 aromatic heterocycles. The predicted molar refractivity (Wildman–Crippen MR) is 116 cm³/mol. The number of hydrogen-bond acceptors (Lipinski definition) is 4. The van der Waals surface area contributed by atoms with Crippen LogP contribution in [0.3, 0.4) is 0 Å². The van der Waals surface area contributed by atoms with E-state index in [-0.39, 0.29) is 23.7 Å². The van der Waals surface area contributed by atoms with Gasteiger partial charge in [-0.3, -0.25) is 13.9 Å². The molecule has 154 valence electrons. The Morgan fingerprint density at radius 1 is 1.17 bits per heavy atom. The molecule has 0 aliphatic rings. The number of anilines is 2. The summed E-state index contributed by atoms with van der Waals surface area (Å²) < 4.78 is 25.7. The Labute approximate surface area is 175 Å². The first-order chi connectivity index (χ1) is 13.6. The van der Waals surface area contributed by atoms with Crippen molar-refractivity contribution in [3.05, 3.63) is 71.8 Å². The molecule has 2 aromatic carbocycles. The van der Waals surface area contributed by atoms with Crippen molar-refractivity contribution in [3.63, 3.8) is 0 Å². The van der Waals surface area contributed by atoms with Gasteiger partial charge in [0.1, 0.15) is 6.04 Å². The van der Waals surface area contributed by atoms with Crippen molar-refractivity contribution >= 4 is 44.8 Å². The topological polar surface area (TPSA) is 95.6 Å². The van der Waals surface area contributed by atoms with E-state index in [1.165, 1.54) is 25.1 Å². The molecule has 2 amide bonds. The maximum atomic E-state index is 12.8. The van der Waals surface area contributed by atoms with Gasteiger partial charge < -0.3 is 10.6 Å². The summed E-state index contributed by atoms with van der Waals surface area (Å²) in [6.07, 6.45) is 2.55. The molecule has 0 heterocycles. The summed E-state index contributed by atoms with van der Waals surface area (Å²) in [5, 5.41) is 5.73. The third-order valence-electron chi connectivity index (χ3n) is 4.01. The maximum Gasteiger partial charge on any atom is 0.253 e. The van der Waals surface area contributed by atoms with E-state index in [2.05, 4.69) is 17.2 Å². The maximum absolute atomic E-state index is 12.8. The lowest BCUT2D eigenvalue weighted by molar-refractivity contribution is -0.116. The summed E-state index contributed by atoms with van der Waals surface area (Å²) in [5.41, 5.74) is 0.833. The van der Waals surface area contributed by atoms with Crippen LogP contribution in [0.15, 0.2) is 61.2 Å². The number of sulfonamides is 1. The summed E-state index contributed by atoms with van der Waals surface area (Å²) in [7, 11) is -3.77. The molecular weight excluding hydrogens is 414 g/mol. The van der Waals surface area contributed by atoms with E-state index in [0.717, 1.165) is 10.6 Å². The van der Waals surface area contributed by atoms with Gasteiger partial charge in [-0.25, -0.2) is 8.42 Å². The molecule has 2 aromatic rings. The SMILES string of the molecule is C=CCNC(=O)c1ccccc1NC(=O)[C@@H](C)N(c1ccc(Cl)cc1)S(C)(=O)=O. The molecule has 0 unspecified atom stereocenters. The van der Waals surface area contributed by atoms with Crippen LogP contribution in [0.2, 0.25) is 5.02 Å². The van der Waals surface area contributed by atoms with Gasteiger partial charge in [0, 0.05) is 11.6 Å². The van der Waals surface area contributed by atoms with Crippen LogP contribution < -0.4 is 14.9 Å². The smallest absolute Gasteiger partial charge is 0.253 e. The third kappa shape index (κ3) is 5.82. The minimum Gasteiger partial charge on any atom is -0.349 e. The van der Waals surface area contributed by atoms with Gasteiger partial charge in [-0.2, -0.15) is 0 Å². The summed E-state index contributed by atoms with van der Waals surface area (Å²) in [6, 6.07) is 11.5. The van der Waals surface area contributed by atoms with Gasteiger partial charge in [-0.15, -0.1) is 6.58 Å². The fourth-order valence-corrected chi connectivity index (χ4v) is 3.99. The summed E-state index contributed by atoms with van der Waals surface area (Å²) in [6.45, 7) is 5.28. The van der Waals surface area contributed by atoms with Crippen LogP contribution in [0.4, 0.5) is 11.4 Å². The number of nitrogens with zero attached hydrogens (tertiary/aromatic N) is 1. The quantitative estimate of drug-likeness (QED) is 0.623. The predicted octanol–water partition coefficient (Wildman–Crippen LogP) is 3.05. The molecule has 0 fully saturated rings. The van der Waals surface area contributed by atoms with Crippen LogP contribution in [0, 0.1) is 0 Å². The number of hydrogen-bond donors (Lipinski definition) is 2. The molecule has 0 saturated heterocycles. The lowest BCUT2D eigenvalue weighted by atomic mass is 10.1. The second-order valence-corrected chi connectivity index (χ2v) is 8.54. The van der Waals surface area contributed by atoms with E-state index >= 15 is 0 Å². The van der Waals surface area contributed by atoms with Crippen LogP contribution in [0.5, 0.6) is 0 Å². The van der Waals surface area contributed by atoms with E-state index < -0.39 is 22.0 Å². The molecule has 2 N–H and O–H groups in total. The number of nitrogens with one attached hydrogen (secondary N) is 2. The van der Waals surface area contributed by atoms with Crippen LogP contribution in [-0.2, 0) is 14.8 Å². The first-order valence-electron chi connectivity index (χ1n) is 8.69. The molecule has 29 heavy (non-hydrogen) atoms. The van der Waals surface area contributed by atoms with Crippen LogP contribution in [0.25, 0.3) is 0 Å². The van der Waals surface area contributed by atoms with Crippen molar-refractivity contribution in [1.82, 2.24) is 5.32 Å². The third-order valence-corrected chi connectivity index (χ3v) is 5.50. The number of halogens is 1. The molecule has 7 nitrogen and oxygen atoms in total. The molecule has 9 heteroatoms. The van der Waals surface area contributed by atoms with E-state index in [9.17, 15) is 18.0 Å². The normalized spacial score (nSPS) is 12.0. The average Bonchev–Trinajstić information content (AvgIpc) is 2.67. The zero-order chi connectivity index (χ0) is 21.6. The lowest BCUT2D eigenvalue weighted by Gasteiger charge is -2.28. The van der Waals surface area contributed by atoms with Crippen molar-refractivity contribution in [2.45, 2.75) is 13.0 Å². The molecule has 0 aliphatic heterocycles. The largest absolute Gasteiger partial charge is 0.349 e. The number of benzene rings is 2. The Balaban J connectivity index is 2.30. The molecule has 2 rings (SSSR count). The van der Waals surface area contributed by atoms with E-state index in [1.807, 2.05) is 0 Å². The molecule has 0 spiro atoms. The number of carbonyl (C=O) groups is 2. The average molecular weight is 436 g/mol. The molecule has 0 bridgehead atoms. The molecule has 0 saturated carbocycles. The zero-order valence-electron chi connectivity index (χ0n) is 16.1. The van der Waals surface area contributed by atoms with Crippen molar-refractivity contribution in [3.8, 4) is 0 Å². The van der Waals surface area contributed by atoms with Crippen molar-refractivity contribution in [2.24, 2.45) is 0 Å². The Kier molecular flexibility index (Phi) is 7.41. The Hall–Kier alpha value is -2.84. The Morgan fingerprint density at radius 2 is 1.79 bits per heavy atom. The molecular formula is C20H22ClN3O4S. The van der Waals surface area contributed by atoms with Gasteiger partial charge in [-0.05, 0) is 43.3 Å². The zero-order valence-corrected chi connectivity index (χ0v) is 17.6. The van der Waals surface area contributed by atoms with Gasteiger partial charge >= 0.3 is 0 Å². The number of carbonyl (C=O) groups excluding carboxylic acids is 2. The van der Waals surface area contributed by atoms with Gasteiger partial charge in [0.05, 0.1) is 23.2 Å². The Bertz CT molecular complexity index is 1010. The van der Waals surface area contributed by atoms with Gasteiger partial charge in [0.2, 0.25) is 15.9 Å². The molecule has 0 radical (unpaired) electrons. The van der Waals surface area contributed by atoms with E-state index in [1.54, 1.807) is 36.4 Å².